The van der Waals surface area contributed by atoms with E-state index in [4.69, 9.17) is 18.7 Å². The Kier molecular flexibility index (Phi) is 4.66. The number of rotatable bonds is 4. The smallest absolute Gasteiger partial charge is 0.341 e. The molecule has 1 aliphatic carbocycles. The zero-order valence-corrected chi connectivity index (χ0v) is 17.0. The van der Waals surface area contributed by atoms with E-state index in [1.54, 1.807) is 18.2 Å². The zero-order valence-electron chi connectivity index (χ0n) is 16.1. The summed E-state index contributed by atoms with van der Waals surface area (Å²) in [5, 5.41) is 7.17. The summed E-state index contributed by atoms with van der Waals surface area (Å²) in [6.45, 7) is 0.993. The fourth-order valence-electron chi connectivity index (χ4n) is 3.69. The van der Waals surface area contributed by atoms with E-state index in [-0.39, 0.29) is 5.69 Å². The van der Waals surface area contributed by atoms with Crippen LogP contribution in [-0.2, 0) is 17.6 Å². The number of ether oxygens (including phenoxy) is 3. The van der Waals surface area contributed by atoms with E-state index in [1.807, 2.05) is 6.07 Å². The van der Waals surface area contributed by atoms with Gasteiger partial charge < -0.3 is 24.1 Å². The summed E-state index contributed by atoms with van der Waals surface area (Å²) in [6, 6.07) is 6.95. The molecule has 0 atom stereocenters. The lowest BCUT2D eigenvalue weighted by Gasteiger charge is -2.18. The first-order chi connectivity index (χ1) is 14.6. The minimum Gasteiger partial charge on any atom is -0.486 e. The molecule has 0 saturated carbocycles. The van der Waals surface area contributed by atoms with Crippen molar-refractivity contribution in [2.75, 3.05) is 25.6 Å². The molecule has 5 rings (SSSR count). The molecule has 3 aromatic rings. The SMILES string of the molecule is COC(=O)c1c(NC(=O)c2cc(-c3ccc4c(c3)OCCO4)on2)sc2c1CCC2. The number of hydrogen-bond donors (Lipinski definition) is 1. The molecule has 2 aromatic heterocycles. The molecular formula is C21H18N2O6S. The quantitative estimate of drug-likeness (QED) is 0.635. The van der Waals surface area contributed by atoms with Crippen LogP contribution in [0.3, 0.4) is 0 Å². The van der Waals surface area contributed by atoms with Gasteiger partial charge in [-0.25, -0.2) is 4.79 Å². The van der Waals surface area contributed by atoms with Gasteiger partial charge in [-0.3, -0.25) is 4.79 Å². The van der Waals surface area contributed by atoms with Crippen LogP contribution >= 0.6 is 11.3 Å². The van der Waals surface area contributed by atoms with Gasteiger partial charge in [-0.1, -0.05) is 5.16 Å². The monoisotopic (exact) mass is 426 g/mol. The van der Waals surface area contributed by atoms with Crippen LogP contribution in [0.4, 0.5) is 5.00 Å². The number of anilines is 1. The minimum absolute atomic E-state index is 0.115. The van der Waals surface area contributed by atoms with Gasteiger partial charge in [-0.05, 0) is 43.0 Å². The Labute approximate surface area is 175 Å². The van der Waals surface area contributed by atoms with Gasteiger partial charge in [0.15, 0.2) is 23.0 Å². The third kappa shape index (κ3) is 3.21. The van der Waals surface area contributed by atoms with E-state index in [1.165, 1.54) is 18.4 Å². The number of nitrogens with zero attached hydrogens (tertiary/aromatic N) is 1. The van der Waals surface area contributed by atoms with Crippen molar-refractivity contribution in [3.8, 4) is 22.8 Å². The van der Waals surface area contributed by atoms with Gasteiger partial charge in [0.2, 0.25) is 0 Å². The molecule has 0 bridgehead atoms. The van der Waals surface area contributed by atoms with Gasteiger partial charge in [0.25, 0.3) is 5.91 Å². The van der Waals surface area contributed by atoms with Gasteiger partial charge in [0.1, 0.15) is 18.2 Å². The zero-order chi connectivity index (χ0) is 20.7. The Bertz CT molecular complexity index is 1150. The maximum Gasteiger partial charge on any atom is 0.341 e. The fourth-order valence-corrected chi connectivity index (χ4v) is 4.96. The number of methoxy groups -OCH3 is 1. The number of carbonyl (C=O) groups excluding carboxylic acids is 2. The summed E-state index contributed by atoms with van der Waals surface area (Å²) < 4.78 is 21.4. The maximum absolute atomic E-state index is 12.8. The molecule has 1 N–H and O–H groups in total. The van der Waals surface area contributed by atoms with E-state index in [2.05, 4.69) is 10.5 Å². The van der Waals surface area contributed by atoms with Crippen LogP contribution in [0.25, 0.3) is 11.3 Å². The molecule has 154 valence electrons. The lowest BCUT2D eigenvalue weighted by molar-refractivity contribution is 0.0601. The lowest BCUT2D eigenvalue weighted by atomic mass is 10.1. The molecule has 2 aliphatic rings. The van der Waals surface area contributed by atoms with Crippen molar-refractivity contribution in [1.29, 1.82) is 0 Å². The van der Waals surface area contributed by atoms with Crippen molar-refractivity contribution in [3.63, 3.8) is 0 Å². The molecule has 30 heavy (non-hydrogen) atoms. The summed E-state index contributed by atoms with van der Waals surface area (Å²) >= 11 is 1.41. The second-order valence-electron chi connectivity index (χ2n) is 6.94. The topological polar surface area (TPSA) is 99.9 Å². The highest BCUT2D eigenvalue weighted by molar-refractivity contribution is 7.17. The Hall–Kier alpha value is -3.33. The van der Waals surface area contributed by atoms with E-state index >= 15 is 0 Å². The van der Waals surface area contributed by atoms with Crippen LogP contribution in [0.2, 0.25) is 0 Å². The highest BCUT2D eigenvalue weighted by Crippen LogP contribution is 2.40. The first kappa shape index (κ1) is 18.7. The molecule has 1 aromatic carbocycles. The second kappa shape index (κ2) is 7.49. The van der Waals surface area contributed by atoms with Crippen LogP contribution < -0.4 is 14.8 Å². The first-order valence-corrected chi connectivity index (χ1v) is 10.4. The average Bonchev–Trinajstić information content (AvgIpc) is 3.49. The predicted octanol–water partition coefficient (Wildman–Crippen LogP) is 3.70. The molecule has 9 heteroatoms. The number of thiophene rings is 1. The van der Waals surface area contributed by atoms with Gasteiger partial charge >= 0.3 is 5.97 Å². The number of fused-ring (bicyclic) bond motifs is 2. The van der Waals surface area contributed by atoms with Crippen molar-refractivity contribution in [2.24, 2.45) is 0 Å². The molecule has 1 amide bonds. The Morgan fingerprint density at radius 2 is 1.97 bits per heavy atom. The summed E-state index contributed by atoms with van der Waals surface area (Å²) in [6.07, 6.45) is 2.71. The molecule has 0 spiro atoms. The molecule has 0 unspecified atom stereocenters. The molecule has 3 heterocycles. The molecule has 1 aliphatic heterocycles. The number of aryl methyl sites for hydroxylation is 1. The molecule has 0 radical (unpaired) electrons. The number of carbonyl (C=O) groups is 2. The van der Waals surface area contributed by atoms with Crippen molar-refractivity contribution in [1.82, 2.24) is 5.16 Å². The van der Waals surface area contributed by atoms with Crippen molar-refractivity contribution in [2.45, 2.75) is 19.3 Å². The molecule has 0 saturated heterocycles. The maximum atomic E-state index is 12.8. The van der Waals surface area contributed by atoms with Crippen LogP contribution in [0.1, 0.15) is 37.7 Å². The highest BCUT2D eigenvalue weighted by Gasteiger charge is 2.28. The third-order valence-electron chi connectivity index (χ3n) is 5.11. The fraction of sp³-hybridized carbons (Fsp3) is 0.286. The standard InChI is InChI=1S/C21H18N2O6S/c1-26-21(25)18-12-3-2-4-17(12)30-20(18)22-19(24)13-10-15(29-23-13)11-5-6-14-16(9-11)28-8-7-27-14/h5-6,9-10H,2-4,7-8H2,1H3,(H,22,24). The Balaban J connectivity index is 1.39. The largest absolute Gasteiger partial charge is 0.486 e. The van der Waals surface area contributed by atoms with Gasteiger partial charge in [-0.15, -0.1) is 11.3 Å². The van der Waals surface area contributed by atoms with E-state index in [0.717, 1.165) is 35.3 Å². The van der Waals surface area contributed by atoms with E-state index in [0.29, 0.717) is 41.0 Å². The first-order valence-electron chi connectivity index (χ1n) is 9.55. The summed E-state index contributed by atoms with van der Waals surface area (Å²) in [7, 11) is 1.34. The molecule has 8 nitrogen and oxygen atoms in total. The van der Waals surface area contributed by atoms with E-state index < -0.39 is 11.9 Å². The average molecular weight is 426 g/mol. The highest BCUT2D eigenvalue weighted by atomic mass is 32.1. The number of nitrogens with one attached hydrogen (secondary N) is 1. The van der Waals surface area contributed by atoms with Gasteiger partial charge in [-0.2, -0.15) is 0 Å². The Morgan fingerprint density at radius 1 is 1.13 bits per heavy atom. The summed E-state index contributed by atoms with van der Waals surface area (Å²) in [5.41, 5.74) is 2.25. The number of amides is 1. The Morgan fingerprint density at radius 3 is 2.80 bits per heavy atom. The molecule has 0 fully saturated rings. The number of esters is 1. The second-order valence-corrected chi connectivity index (χ2v) is 8.05. The van der Waals surface area contributed by atoms with Crippen molar-refractivity contribution in [3.05, 3.63) is 46.0 Å². The van der Waals surface area contributed by atoms with Crippen LogP contribution in [0, 0.1) is 0 Å². The minimum atomic E-state index is -0.451. The van der Waals surface area contributed by atoms with Crippen molar-refractivity contribution >= 4 is 28.2 Å². The lowest BCUT2D eigenvalue weighted by Crippen LogP contribution is -2.15. The number of benzene rings is 1. The summed E-state index contributed by atoms with van der Waals surface area (Å²) in [4.78, 5) is 26.1. The van der Waals surface area contributed by atoms with Crippen LogP contribution in [-0.4, -0.2) is 37.4 Å². The number of hydrogen-bond acceptors (Lipinski definition) is 8. The van der Waals surface area contributed by atoms with Crippen molar-refractivity contribution < 1.29 is 28.3 Å². The number of aromatic nitrogens is 1. The van der Waals surface area contributed by atoms with Crippen LogP contribution in [0.5, 0.6) is 11.5 Å². The summed E-state index contributed by atoms with van der Waals surface area (Å²) in [5.74, 6) is 0.828. The van der Waals surface area contributed by atoms with Gasteiger partial charge in [0, 0.05) is 16.5 Å². The molecular weight excluding hydrogens is 408 g/mol. The normalized spacial score (nSPS) is 14.3. The third-order valence-corrected chi connectivity index (χ3v) is 6.31. The van der Waals surface area contributed by atoms with Crippen LogP contribution in [0.15, 0.2) is 28.8 Å². The predicted molar refractivity (Wildman–Crippen MR) is 109 cm³/mol. The van der Waals surface area contributed by atoms with Gasteiger partial charge in [0.05, 0.1) is 12.7 Å². The van der Waals surface area contributed by atoms with E-state index in [9.17, 15) is 9.59 Å².